The van der Waals surface area contributed by atoms with Crippen molar-refractivity contribution in [3.8, 4) is 11.5 Å². The first-order valence-electron chi connectivity index (χ1n) is 14.9. The Bertz CT molecular complexity index is 1800. The van der Waals surface area contributed by atoms with E-state index in [-0.39, 0.29) is 45.7 Å². The van der Waals surface area contributed by atoms with E-state index >= 15 is 4.39 Å². The molecule has 0 saturated heterocycles. The summed E-state index contributed by atoms with van der Waals surface area (Å²) in [4.78, 5) is 41.6. The third kappa shape index (κ3) is 8.42. The molecule has 4 N–H and O–H groups in total. The van der Waals surface area contributed by atoms with E-state index < -0.39 is 47.0 Å². The molecule has 1 fully saturated rings. The summed E-state index contributed by atoms with van der Waals surface area (Å²) in [5, 5.41) is 5.47. The number of halogens is 5. The molecule has 8 nitrogen and oxygen atoms in total. The molecule has 0 unspecified atom stereocenters. The molecule has 5 rings (SSSR count). The van der Waals surface area contributed by atoms with Crippen LogP contribution < -0.4 is 21.1 Å². The van der Waals surface area contributed by atoms with Crippen LogP contribution >= 0.6 is 11.3 Å². The van der Waals surface area contributed by atoms with Crippen molar-refractivity contribution in [2.24, 2.45) is 11.1 Å². The van der Waals surface area contributed by atoms with Gasteiger partial charge < -0.3 is 21.1 Å². The van der Waals surface area contributed by atoms with E-state index in [1.165, 1.54) is 24.3 Å². The molecule has 1 heterocycles. The fourth-order valence-electron chi connectivity index (χ4n) is 5.74. The van der Waals surface area contributed by atoms with Gasteiger partial charge in [0.25, 0.3) is 0 Å². The van der Waals surface area contributed by atoms with E-state index in [1.54, 1.807) is 0 Å². The lowest BCUT2D eigenvalue weighted by atomic mass is 9.70. The minimum atomic E-state index is -4.58. The maximum atomic E-state index is 15.1. The number of carbonyl (C=O) groups is 3. The van der Waals surface area contributed by atoms with Crippen LogP contribution in [0.15, 0.2) is 54.6 Å². The van der Waals surface area contributed by atoms with Crippen molar-refractivity contribution in [3.05, 3.63) is 77.4 Å². The van der Waals surface area contributed by atoms with Crippen molar-refractivity contribution in [2.45, 2.75) is 64.0 Å². The molecule has 1 aromatic heterocycles. The number of alkyl halides is 3. The van der Waals surface area contributed by atoms with Crippen molar-refractivity contribution in [3.63, 3.8) is 0 Å². The number of aromatic nitrogens is 1. The van der Waals surface area contributed by atoms with Crippen LogP contribution in [0.5, 0.6) is 11.5 Å². The normalized spacial score (nSPS) is 14.5. The molecule has 0 atom stereocenters. The molecule has 3 aromatic carbocycles. The van der Waals surface area contributed by atoms with E-state index in [1.807, 2.05) is 0 Å². The maximum absolute atomic E-state index is 15.1. The summed E-state index contributed by atoms with van der Waals surface area (Å²) in [7, 11) is 0. The Kier molecular flexibility index (Phi) is 10.1. The van der Waals surface area contributed by atoms with Gasteiger partial charge in [-0.1, -0.05) is 48.8 Å². The average Bonchev–Trinajstić information content (AvgIpc) is 3.39. The second-order valence-electron chi connectivity index (χ2n) is 11.6. The number of fused-ring (bicyclic) bond motifs is 1. The SMILES string of the molecule is NC(=O)CCCC1(C(=O)Nc2nc3cc(F)c(Oc4ccc(F)c(NC(=O)Cc5cccc(C(F)(F)F)c5)c4)cc3s2)CCCCC1. The van der Waals surface area contributed by atoms with Gasteiger partial charge in [0.15, 0.2) is 16.7 Å². The van der Waals surface area contributed by atoms with E-state index in [2.05, 4.69) is 15.6 Å². The van der Waals surface area contributed by atoms with Gasteiger partial charge in [-0.05, 0) is 49.4 Å². The van der Waals surface area contributed by atoms with Crippen molar-refractivity contribution >= 4 is 50.1 Å². The quantitative estimate of drug-likeness (QED) is 0.139. The molecular weight excluding hydrogens is 643 g/mol. The van der Waals surface area contributed by atoms with Gasteiger partial charge >= 0.3 is 6.18 Å². The predicted molar refractivity (Wildman–Crippen MR) is 167 cm³/mol. The standard InChI is InChI=1S/C33H31F5N4O4S/c34-22-10-9-21(16-24(22)40-29(44)15-19-6-4-7-20(14-19)33(36,37)38)46-26-18-27-25(17-23(26)35)41-31(47-27)42-30(45)32(11-2-1-3-12-32)13-5-8-28(39)43/h4,6-7,9-10,14,16-18H,1-3,5,8,11-13,15H2,(H2,39,43)(H,40,44)(H,41,42,45). The van der Waals surface area contributed by atoms with Gasteiger partial charge in [-0.25, -0.2) is 13.8 Å². The molecule has 3 amide bonds. The fourth-order valence-corrected chi connectivity index (χ4v) is 6.61. The maximum Gasteiger partial charge on any atom is 0.416 e. The predicted octanol–water partition coefficient (Wildman–Crippen LogP) is 8.11. The van der Waals surface area contributed by atoms with Crippen LogP contribution in [0.1, 0.15) is 62.5 Å². The minimum absolute atomic E-state index is 0.0211. The molecular formula is C33H31F5N4O4S. The minimum Gasteiger partial charge on any atom is -0.454 e. The number of thiazole rings is 1. The summed E-state index contributed by atoms with van der Waals surface area (Å²) < 4.78 is 74.8. The molecule has 1 aliphatic rings. The van der Waals surface area contributed by atoms with Crippen LogP contribution in [-0.2, 0) is 27.0 Å². The summed E-state index contributed by atoms with van der Waals surface area (Å²) in [5.74, 6) is -3.25. The van der Waals surface area contributed by atoms with Crippen molar-refractivity contribution in [1.29, 1.82) is 0 Å². The zero-order chi connectivity index (χ0) is 33.8. The smallest absolute Gasteiger partial charge is 0.416 e. The van der Waals surface area contributed by atoms with Gasteiger partial charge in [-0.3, -0.25) is 14.4 Å². The number of hydrogen-bond acceptors (Lipinski definition) is 6. The average molecular weight is 675 g/mol. The molecule has 4 aromatic rings. The molecule has 1 aliphatic carbocycles. The molecule has 1 saturated carbocycles. The first kappa shape index (κ1) is 33.8. The Hall–Kier alpha value is -4.59. The van der Waals surface area contributed by atoms with Crippen LogP contribution in [0.2, 0.25) is 0 Å². The Morgan fingerprint density at radius 2 is 1.72 bits per heavy atom. The van der Waals surface area contributed by atoms with Gasteiger partial charge in [0.05, 0.1) is 27.9 Å². The second kappa shape index (κ2) is 14.0. The van der Waals surface area contributed by atoms with Gasteiger partial charge in [-0.2, -0.15) is 13.2 Å². The molecule has 0 aliphatic heterocycles. The highest BCUT2D eigenvalue weighted by molar-refractivity contribution is 7.22. The largest absolute Gasteiger partial charge is 0.454 e. The van der Waals surface area contributed by atoms with Crippen molar-refractivity contribution in [2.75, 3.05) is 10.6 Å². The molecule has 0 spiro atoms. The lowest BCUT2D eigenvalue weighted by Crippen LogP contribution is -2.38. The molecule has 14 heteroatoms. The number of hydrogen-bond donors (Lipinski definition) is 3. The summed E-state index contributed by atoms with van der Waals surface area (Å²) in [6.07, 6.45) is 0.350. The first-order chi connectivity index (χ1) is 22.3. The monoisotopic (exact) mass is 674 g/mol. The van der Waals surface area contributed by atoms with Gasteiger partial charge in [-0.15, -0.1) is 0 Å². The van der Waals surface area contributed by atoms with Crippen LogP contribution in [-0.4, -0.2) is 22.7 Å². The second-order valence-corrected chi connectivity index (χ2v) is 12.6. The number of carbonyl (C=O) groups excluding carboxylic acids is 3. The molecule has 0 radical (unpaired) electrons. The number of rotatable bonds is 11. The third-order valence-electron chi connectivity index (χ3n) is 8.09. The summed E-state index contributed by atoms with van der Waals surface area (Å²) in [6, 6.07) is 10.1. The summed E-state index contributed by atoms with van der Waals surface area (Å²) >= 11 is 1.12. The number of nitrogens with one attached hydrogen (secondary N) is 2. The van der Waals surface area contributed by atoms with E-state index in [4.69, 9.17) is 10.5 Å². The number of amides is 3. The van der Waals surface area contributed by atoms with Gasteiger partial charge in [0.2, 0.25) is 17.7 Å². The number of ether oxygens (including phenoxy) is 1. The van der Waals surface area contributed by atoms with Gasteiger partial charge in [0.1, 0.15) is 11.6 Å². The number of nitrogens with two attached hydrogens (primary N) is 1. The van der Waals surface area contributed by atoms with Crippen molar-refractivity contribution < 1.29 is 41.1 Å². The Labute approximate surface area is 270 Å². The van der Waals surface area contributed by atoms with Crippen LogP contribution in [0, 0.1) is 17.0 Å². The highest BCUT2D eigenvalue weighted by atomic mass is 32.1. The molecule has 0 bridgehead atoms. The topological polar surface area (TPSA) is 123 Å². The van der Waals surface area contributed by atoms with E-state index in [0.717, 1.165) is 60.9 Å². The highest BCUT2D eigenvalue weighted by Gasteiger charge is 2.39. The number of benzene rings is 3. The lowest BCUT2D eigenvalue weighted by Gasteiger charge is -2.35. The van der Waals surface area contributed by atoms with E-state index in [9.17, 15) is 31.9 Å². The number of nitrogens with zero attached hydrogens (tertiary/aromatic N) is 1. The fraction of sp³-hybridized carbons (Fsp3) is 0.333. The van der Waals surface area contributed by atoms with E-state index in [0.29, 0.717) is 30.4 Å². The zero-order valence-electron chi connectivity index (χ0n) is 25.0. The van der Waals surface area contributed by atoms with Crippen LogP contribution in [0.4, 0.5) is 32.8 Å². The Balaban J connectivity index is 1.28. The van der Waals surface area contributed by atoms with Crippen LogP contribution in [0.25, 0.3) is 10.2 Å². The molecule has 248 valence electrons. The molecule has 47 heavy (non-hydrogen) atoms. The third-order valence-corrected chi connectivity index (χ3v) is 9.03. The number of anilines is 2. The number of primary amides is 1. The Morgan fingerprint density at radius 3 is 2.45 bits per heavy atom. The summed E-state index contributed by atoms with van der Waals surface area (Å²) in [5.41, 5.74) is 3.78. The highest BCUT2D eigenvalue weighted by Crippen LogP contribution is 2.42. The summed E-state index contributed by atoms with van der Waals surface area (Å²) in [6.45, 7) is 0. The van der Waals surface area contributed by atoms with Crippen LogP contribution in [0.3, 0.4) is 0 Å². The Morgan fingerprint density at radius 1 is 0.957 bits per heavy atom. The first-order valence-corrected chi connectivity index (χ1v) is 15.8. The zero-order valence-corrected chi connectivity index (χ0v) is 25.8. The van der Waals surface area contributed by atoms with Gasteiger partial charge in [0, 0.05) is 30.0 Å². The van der Waals surface area contributed by atoms with Crippen molar-refractivity contribution in [1.82, 2.24) is 4.98 Å². The lowest BCUT2D eigenvalue weighted by molar-refractivity contribution is -0.137.